The number of benzene rings is 2. The predicted molar refractivity (Wildman–Crippen MR) is 108 cm³/mol. The quantitative estimate of drug-likeness (QED) is 0.569. The van der Waals surface area contributed by atoms with Gasteiger partial charge in [-0.05, 0) is 48.7 Å². The van der Waals surface area contributed by atoms with Crippen LogP contribution in [-0.4, -0.2) is 19.2 Å². The minimum atomic E-state index is -3.81. The van der Waals surface area contributed by atoms with Crippen LogP contribution in [0.15, 0.2) is 84.0 Å². The van der Waals surface area contributed by atoms with Crippen molar-refractivity contribution < 1.29 is 13.2 Å². The van der Waals surface area contributed by atoms with Crippen LogP contribution in [0.4, 0.5) is 5.69 Å². The molecule has 2 aromatic carbocycles. The van der Waals surface area contributed by atoms with Crippen molar-refractivity contribution in [3.8, 4) is 0 Å². The molecule has 0 saturated heterocycles. The maximum absolute atomic E-state index is 13.4. The van der Waals surface area contributed by atoms with Crippen molar-refractivity contribution in [2.75, 3.05) is 4.31 Å². The Hall–Kier alpha value is -2.99. The van der Waals surface area contributed by atoms with E-state index in [0.717, 1.165) is 18.4 Å². The maximum Gasteiger partial charge on any atom is 0.264 e. The van der Waals surface area contributed by atoms with Crippen molar-refractivity contribution in [1.82, 2.24) is 4.98 Å². The smallest absolute Gasteiger partial charge is 0.264 e. The molecule has 142 valence electrons. The van der Waals surface area contributed by atoms with Crippen LogP contribution in [0, 0.1) is 5.92 Å². The number of carbonyl (C=O) groups excluding carboxylic acids is 1. The van der Waals surface area contributed by atoms with Crippen LogP contribution < -0.4 is 4.31 Å². The summed E-state index contributed by atoms with van der Waals surface area (Å²) in [6, 6.07) is 18.9. The fraction of sp³-hybridized carbons (Fsp3) is 0.182. The van der Waals surface area contributed by atoms with Gasteiger partial charge in [0.25, 0.3) is 10.0 Å². The lowest BCUT2D eigenvalue weighted by Crippen LogP contribution is -2.30. The van der Waals surface area contributed by atoms with Crippen LogP contribution in [0.5, 0.6) is 0 Å². The number of pyridine rings is 1. The number of aromatic nitrogens is 1. The molecule has 6 heteroatoms. The molecule has 5 nitrogen and oxygen atoms in total. The predicted octanol–water partition coefficient (Wildman–Crippen LogP) is 4.07. The highest BCUT2D eigenvalue weighted by Gasteiger charge is 2.31. The first-order valence-electron chi connectivity index (χ1n) is 9.17. The van der Waals surface area contributed by atoms with Crippen molar-refractivity contribution >= 4 is 21.5 Å². The number of sulfonamides is 1. The highest BCUT2D eigenvalue weighted by Crippen LogP contribution is 2.33. The van der Waals surface area contributed by atoms with Crippen LogP contribution in [0.1, 0.15) is 28.8 Å². The number of Topliss-reactive ketones (excluding diaryl/α,β-unsaturated/α-hetero) is 1. The summed E-state index contributed by atoms with van der Waals surface area (Å²) in [5.74, 6) is 0.202. The van der Waals surface area contributed by atoms with Gasteiger partial charge in [-0.2, -0.15) is 0 Å². The molecule has 1 aliphatic carbocycles. The van der Waals surface area contributed by atoms with Gasteiger partial charge in [0.1, 0.15) is 0 Å². The summed E-state index contributed by atoms with van der Waals surface area (Å²) in [5, 5.41) is 0. The number of anilines is 1. The third-order valence-corrected chi connectivity index (χ3v) is 6.56. The summed E-state index contributed by atoms with van der Waals surface area (Å²) < 4.78 is 28.1. The van der Waals surface area contributed by atoms with E-state index in [9.17, 15) is 13.2 Å². The van der Waals surface area contributed by atoms with E-state index in [1.165, 1.54) is 16.4 Å². The van der Waals surface area contributed by atoms with Gasteiger partial charge in [-0.1, -0.05) is 36.4 Å². The SMILES string of the molecule is O=C(c1ccc(S(=O)(=O)N(Cc2cccnc2)c2ccccc2)cc1)C1CC1. The summed E-state index contributed by atoms with van der Waals surface area (Å²) in [7, 11) is -3.81. The molecular formula is C22H20N2O3S. The van der Waals surface area contributed by atoms with Crippen LogP contribution in [-0.2, 0) is 16.6 Å². The minimum Gasteiger partial charge on any atom is -0.294 e. The number of carbonyl (C=O) groups is 1. The highest BCUT2D eigenvalue weighted by atomic mass is 32.2. The molecule has 0 N–H and O–H groups in total. The minimum absolute atomic E-state index is 0.0965. The maximum atomic E-state index is 13.4. The van der Waals surface area contributed by atoms with Gasteiger partial charge in [0.2, 0.25) is 0 Å². The molecule has 4 rings (SSSR count). The topological polar surface area (TPSA) is 67.3 Å². The second-order valence-electron chi connectivity index (χ2n) is 6.87. The molecule has 0 unspecified atom stereocenters. The van der Waals surface area contributed by atoms with Crippen LogP contribution in [0.25, 0.3) is 0 Å². The Morgan fingerprint density at radius 1 is 0.964 bits per heavy atom. The first-order chi connectivity index (χ1) is 13.6. The molecule has 0 amide bonds. The van der Waals surface area contributed by atoms with Crippen LogP contribution in [0.3, 0.4) is 0 Å². The Balaban J connectivity index is 1.68. The number of ketones is 1. The van der Waals surface area contributed by atoms with Crippen molar-refractivity contribution in [3.63, 3.8) is 0 Å². The van der Waals surface area contributed by atoms with E-state index in [2.05, 4.69) is 4.98 Å². The normalized spacial score (nSPS) is 13.9. The molecule has 0 atom stereocenters. The van der Waals surface area contributed by atoms with Crippen molar-refractivity contribution in [2.45, 2.75) is 24.3 Å². The number of nitrogens with zero attached hydrogens (tertiary/aromatic N) is 2. The van der Waals surface area contributed by atoms with Gasteiger partial charge in [-0.15, -0.1) is 0 Å². The summed E-state index contributed by atoms with van der Waals surface area (Å²) in [4.78, 5) is 16.4. The average Bonchev–Trinajstić information content (AvgIpc) is 3.58. The molecule has 0 bridgehead atoms. The van der Waals surface area contributed by atoms with E-state index in [4.69, 9.17) is 0 Å². The Bertz CT molecular complexity index is 1060. The molecule has 0 radical (unpaired) electrons. The van der Waals surface area contributed by atoms with Gasteiger partial charge >= 0.3 is 0 Å². The molecule has 1 aliphatic rings. The molecule has 1 fully saturated rings. The largest absolute Gasteiger partial charge is 0.294 e. The number of hydrogen-bond acceptors (Lipinski definition) is 4. The fourth-order valence-corrected chi connectivity index (χ4v) is 4.52. The summed E-state index contributed by atoms with van der Waals surface area (Å²) in [6.45, 7) is 0.170. The third-order valence-electron chi connectivity index (χ3n) is 4.77. The fourth-order valence-electron chi connectivity index (χ4n) is 3.07. The van der Waals surface area contributed by atoms with Gasteiger partial charge in [0, 0.05) is 23.9 Å². The number of para-hydroxylation sites is 1. The molecule has 1 saturated carbocycles. The molecular weight excluding hydrogens is 372 g/mol. The second kappa shape index (κ2) is 7.56. The Kier molecular flexibility index (Phi) is 4.96. The van der Waals surface area contributed by atoms with Crippen molar-refractivity contribution in [2.24, 2.45) is 5.92 Å². The average molecular weight is 392 g/mol. The zero-order valence-electron chi connectivity index (χ0n) is 15.2. The zero-order chi connectivity index (χ0) is 19.6. The molecule has 1 heterocycles. The van der Waals surface area contributed by atoms with E-state index in [1.807, 2.05) is 12.1 Å². The standard InChI is InChI=1S/C22H20N2O3S/c25-22(18-8-9-18)19-10-12-21(13-11-19)28(26,27)24(20-6-2-1-3-7-20)16-17-5-4-14-23-15-17/h1-7,10-15,18H,8-9,16H2. The Morgan fingerprint density at radius 2 is 1.68 bits per heavy atom. The Morgan fingerprint density at radius 3 is 2.29 bits per heavy atom. The van der Waals surface area contributed by atoms with E-state index in [1.54, 1.807) is 54.9 Å². The zero-order valence-corrected chi connectivity index (χ0v) is 16.0. The molecule has 0 aliphatic heterocycles. The lowest BCUT2D eigenvalue weighted by Gasteiger charge is -2.24. The highest BCUT2D eigenvalue weighted by molar-refractivity contribution is 7.92. The van der Waals surface area contributed by atoms with E-state index < -0.39 is 10.0 Å². The summed E-state index contributed by atoms with van der Waals surface area (Å²) in [5.41, 5.74) is 1.93. The molecule has 0 spiro atoms. The molecule has 28 heavy (non-hydrogen) atoms. The van der Waals surface area contributed by atoms with Crippen molar-refractivity contribution in [3.05, 3.63) is 90.3 Å². The van der Waals surface area contributed by atoms with Gasteiger partial charge < -0.3 is 0 Å². The van der Waals surface area contributed by atoms with Gasteiger partial charge in [0.15, 0.2) is 5.78 Å². The van der Waals surface area contributed by atoms with Gasteiger partial charge in [-0.3, -0.25) is 14.1 Å². The first-order valence-corrected chi connectivity index (χ1v) is 10.6. The van der Waals surface area contributed by atoms with Crippen molar-refractivity contribution in [1.29, 1.82) is 0 Å². The lowest BCUT2D eigenvalue weighted by atomic mass is 10.1. The second-order valence-corrected chi connectivity index (χ2v) is 8.73. The summed E-state index contributed by atoms with van der Waals surface area (Å²) >= 11 is 0. The summed E-state index contributed by atoms with van der Waals surface area (Å²) in [6.07, 6.45) is 5.15. The van der Waals surface area contributed by atoms with Gasteiger partial charge in [0.05, 0.1) is 17.1 Å². The number of hydrogen-bond donors (Lipinski definition) is 0. The first kappa shape index (κ1) is 18.4. The lowest BCUT2D eigenvalue weighted by molar-refractivity contribution is 0.0967. The van der Waals surface area contributed by atoms with E-state index in [-0.39, 0.29) is 23.1 Å². The molecule has 1 aromatic heterocycles. The third kappa shape index (κ3) is 3.82. The van der Waals surface area contributed by atoms with Crippen LogP contribution in [0.2, 0.25) is 0 Å². The van der Waals surface area contributed by atoms with E-state index in [0.29, 0.717) is 11.3 Å². The van der Waals surface area contributed by atoms with Crippen LogP contribution >= 0.6 is 0 Å². The van der Waals surface area contributed by atoms with E-state index >= 15 is 0 Å². The molecule has 3 aromatic rings. The monoisotopic (exact) mass is 392 g/mol. The Labute approximate surface area is 164 Å². The van der Waals surface area contributed by atoms with Gasteiger partial charge in [-0.25, -0.2) is 8.42 Å². The number of rotatable bonds is 7.